The van der Waals surface area contributed by atoms with Crippen molar-refractivity contribution in [1.82, 2.24) is 5.43 Å². The lowest BCUT2D eigenvalue weighted by atomic mass is 10.1. The van der Waals surface area contributed by atoms with Crippen LogP contribution in [-0.2, 0) is 11.4 Å². The highest BCUT2D eigenvalue weighted by atomic mass is 35.5. The Labute approximate surface area is 145 Å². The molecule has 0 aromatic heterocycles. The second-order valence-electron chi connectivity index (χ2n) is 5.01. The third kappa shape index (κ3) is 5.41. The van der Waals surface area contributed by atoms with Crippen molar-refractivity contribution in [1.29, 1.82) is 5.26 Å². The molecule has 0 saturated carbocycles. The van der Waals surface area contributed by atoms with Crippen molar-refractivity contribution in [3.8, 4) is 11.8 Å². The lowest BCUT2D eigenvalue weighted by molar-refractivity contribution is -0.120. The van der Waals surface area contributed by atoms with Gasteiger partial charge in [0.2, 0.25) is 0 Å². The largest absolute Gasteiger partial charge is 0.489 e. The highest BCUT2D eigenvalue weighted by Gasteiger charge is 2.02. The number of hydrogen-bond donors (Lipinski definition) is 1. The molecule has 2 aromatic carbocycles. The summed E-state index contributed by atoms with van der Waals surface area (Å²) < 4.78 is 5.71. The molecule has 0 spiro atoms. The Hall–Kier alpha value is -2.84. The molecule has 1 amide bonds. The number of nitriles is 1. The molecule has 122 valence electrons. The molecule has 1 N–H and O–H groups in total. The summed E-state index contributed by atoms with van der Waals surface area (Å²) >= 11 is 5.84. The number of carbonyl (C=O) groups is 1. The van der Waals surface area contributed by atoms with Crippen LogP contribution in [-0.4, -0.2) is 11.6 Å². The molecule has 6 heteroatoms. The van der Waals surface area contributed by atoms with Gasteiger partial charge in [-0.3, -0.25) is 4.79 Å². The Kier molecular flexibility index (Phi) is 6.35. The van der Waals surface area contributed by atoms with Crippen LogP contribution in [0.2, 0.25) is 5.02 Å². The SMILES string of the molecule is C/C(=N/NC(=O)CC#N)c1ccc(OCc2ccc(Cl)cc2)cc1. The summed E-state index contributed by atoms with van der Waals surface area (Å²) in [6.45, 7) is 2.23. The Morgan fingerprint density at radius 3 is 2.50 bits per heavy atom. The Balaban J connectivity index is 1.92. The van der Waals surface area contributed by atoms with Crippen LogP contribution in [0.3, 0.4) is 0 Å². The van der Waals surface area contributed by atoms with Crippen LogP contribution in [0.25, 0.3) is 0 Å². The summed E-state index contributed by atoms with van der Waals surface area (Å²) in [5, 5.41) is 13.1. The molecule has 0 fully saturated rings. The topological polar surface area (TPSA) is 74.5 Å². The van der Waals surface area contributed by atoms with Gasteiger partial charge in [0.25, 0.3) is 5.91 Å². The van der Waals surface area contributed by atoms with Crippen molar-refractivity contribution >= 4 is 23.2 Å². The fraction of sp³-hybridized carbons (Fsp3) is 0.167. The fourth-order valence-electron chi connectivity index (χ4n) is 1.86. The monoisotopic (exact) mass is 341 g/mol. The number of amides is 1. The second kappa shape index (κ2) is 8.70. The van der Waals surface area contributed by atoms with Crippen molar-refractivity contribution in [2.75, 3.05) is 0 Å². The molecule has 0 saturated heterocycles. The number of halogens is 1. The normalized spacial score (nSPS) is 10.8. The van der Waals surface area contributed by atoms with Crippen molar-refractivity contribution in [2.24, 2.45) is 5.10 Å². The summed E-state index contributed by atoms with van der Waals surface area (Å²) in [5.41, 5.74) is 4.86. The van der Waals surface area contributed by atoms with Crippen molar-refractivity contribution in [3.63, 3.8) is 0 Å². The number of rotatable bonds is 6. The molecule has 2 rings (SSSR count). The second-order valence-corrected chi connectivity index (χ2v) is 5.44. The van der Waals surface area contributed by atoms with Gasteiger partial charge in [-0.05, 0) is 54.4 Å². The van der Waals surface area contributed by atoms with E-state index in [1.807, 2.05) is 48.5 Å². The Morgan fingerprint density at radius 1 is 1.21 bits per heavy atom. The molecule has 5 nitrogen and oxygen atoms in total. The van der Waals surface area contributed by atoms with E-state index in [1.54, 1.807) is 13.0 Å². The number of benzene rings is 2. The lowest BCUT2D eigenvalue weighted by Crippen LogP contribution is -2.18. The maximum Gasteiger partial charge on any atom is 0.254 e. The van der Waals surface area contributed by atoms with Gasteiger partial charge in [0.05, 0.1) is 11.8 Å². The molecule has 0 aliphatic carbocycles. The van der Waals surface area contributed by atoms with E-state index in [2.05, 4.69) is 10.5 Å². The smallest absolute Gasteiger partial charge is 0.254 e. The molecule has 2 aromatic rings. The van der Waals surface area contributed by atoms with E-state index in [0.29, 0.717) is 17.3 Å². The standard InChI is InChI=1S/C18H16ClN3O2/c1-13(21-22-18(23)10-11-20)15-4-8-17(9-5-15)24-12-14-2-6-16(19)7-3-14/h2-9H,10,12H2,1H3,(H,22,23)/b21-13-. The predicted molar refractivity (Wildman–Crippen MR) is 92.8 cm³/mol. The highest BCUT2D eigenvalue weighted by Crippen LogP contribution is 2.16. The Bertz CT molecular complexity index is 762. The van der Waals surface area contributed by atoms with Crippen LogP contribution in [0.5, 0.6) is 5.75 Å². The van der Waals surface area contributed by atoms with Gasteiger partial charge in [-0.1, -0.05) is 23.7 Å². The summed E-state index contributed by atoms with van der Waals surface area (Å²) in [5.74, 6) is 0.301. The van der Waals surface area contributed by atoms with Gasteiger partial charge < -0.3 is 4.74 Å². The minimum Gasteiger partial charge on any atom is -0.489 e. The van der Waals surface area contributed by atoms with E-state index in [1.165, 1.54) is 0 Å². The first-order valence-electron chi connectivity index (χ1n) is 7.26. The van der Waals surface area contributed by atoms with Crippen molar-refractivity contribution in [3.05, 3.63) is 64.7 Å². The van der Waals surface area contributed by atoms with E-state index < -0.39 is 5.91 Å². The van der Waals surface area contributed by atoms with E-state index in [0.717, 1.165) is 16.9 Å². The van der Waals surface area contributed by atoms with Gasteiger partial charge in [-0.15, -0.1) is 0 Å². The number of nitrogens with one attached hydrogen (secondary N) is 1. The van der Waals surface area contributed by atoms with Crippen LogP contribution in [0.15, 0.2) is 53.6 Å². The third-order valence-electron chi connectivity index (χ3n) is 3.18. The molecular weight excluding hydrogens is 326 g/mol. The van der Waals surface area contributed by atoms with Gasteiger partial charge in [-0.2, -0.15) is 10.4 Å². The summed E-state index contributed by atoms with van der Waals surface area (Å²) in [4.78, 5) is 11.2. The first-order chi connectivity index (χ1) is 11.6. The first-order valence-corrected chi connectivity index (χ1v) is 7.64. The molecule has 0 radical (unpaired) electrons. The van der Waals surface area contributed by atoms with Crippen LogP contribution in [0.1, 0.15) is 24.5 Å². The molecule has 0 atom stereocenters. The van der Waals surface area contributed by atoms with Gasteiger partial charge in [0.1, 0.15) is 18.8 Å². The number of hydrogen-bond acceptors (Lipinski definition) is 4. The zero-order chi connectivity index (χ0) is 17.4. The Morgan fingerprint density at radius 2 is 1.88 bits per heavy atom. The van der Waals surface area contributed by atoms with Crippen molar-refractivity contribution < 1.29 is 9.53 Å². The number of ether oxygens (including phenoxy) is 1. The molecule has 0 bridgehead atoms. The summed E-state index contributed by atoms with van der Waals surface area (Å²) in [7, 11) is 0. The van der Waals surface area contributed by atoms with Crippen LogP contribution in [0.4, 0.5) is 0 Å². The lowest BCUT2D eigenvalue weighted by Gasteiger charge is -2.07. The zero-order valence-corrected chi connectivity index (χ0v) is 13.9. The summed E-state index contributed by atoms with van der Waals surface area (Å²) in [6.07, 6.45) is -0.214. The average molecular weight is 342 g/mol. The minimum atomic E-state index is -0.431. The maximum absolute atomic E-state index is 11.2. The molecule has 24 heavy (non-hydrogen) atoms. The van der Waals surface area contributed by atoms with Gasteiger partial charge in [0, 0.05) is 5.02 Å². The first kappa shape index (κ1) is 17.5. The van der Waals surface area contributed by atoms with Gasteiger partial charge in [0.15, 0.2) is 0 Å². The van der Waals surface area contributed by atoms with Gasteiger partial charge >= 0.3 is 0 Å². The van der Waals surface area contributed by atoms with E-state index in [9.17, 15) is 4.79 Å². The summed E-state index contributed by atoms with van der Waals surface area (Å²) in [6, 6.07) is 16.6. The van der Waals surface area contributed by atoms with Crippen LogP contribution < -0.4 is 10.2 Å². The highest BCUT2D eigenvalue weighted by molar-refractivity contribution is 6.30. The number of carbonyl (C=O) groups excluding carboxylic acids is 1. The van der Waals surface area contributed by atoms with E-state index in [4.69, 9.17) is 21.6 Å². The number of hydrazone groups is 1. The van der Waals surface area contributed by atoms with Crippen LogP contribution >= 0.6 is 11.6 Å². The van der Waals surface area contributed by atoms with Gasteiger partial charge in [-0.25, -0.2) is 5.43 Å². The molecular formula is C18H16ClN3O2. The minimum absolute atomic E-state index is 0.214. The number of nitrogens with zero attached hydrogens (tertiary/aromatic N) is 2. The van der Waals surface area contributed by atoms with E-state index in [-0.39, 0.29) is 6.42 Å². The predicted octanol–water partition coefficient (Wildman–Crippen LogP) is 3.67. The zero-order valence-electron chi connectivity index (χ0n) is 13.1. The third-order valence-corrected chi connectivity index (χ3v) is 3.43. The van der Waals surface area contributed by atoms with E-state index >= 15 is 0 Å². The maximum atomic E-state index is 11.2. The quantitative estimate of drug-likeness (QED) is 0.643. The molecule has 0 aliphatic heterocycles. The molecule has 0 aliphatic rings. The fourth-order valence-corrected chi connectivity index (χ4v) is 1.99. The van der Waals surface area contributed by atoms with Crippen molar-refractivity contribution in [2.45, 2.75) is 20.0 Å². The molecule has 0 unspecified atom stereocenters. The average Bonchev–Trinajstić information content (AvgIpc) is 2.60. The molecule has 0 heterocycles. The van der Waals surface area contributed by atoms with Crippen LogP contribution in [0, 0.1) is 11.3 Å².